The van der Waals surface area contributed by atoms with Gasteiger partial charge < -0.3 is 23.9 Å². The number of benzene rings is 1. The van der Waals surface area contributed by atoms with E-state index in [0.717, 1.165) is 6.07 Å². The maximum Gasteiger partial charge on any atom is 0.494 e. The lowest BCUT2D eigenvalue weighted by Crippen LogP contribution is -2.31. The molecule has 2 heterocycles. The molecule has 0 fully saturated rings. The van der Waals surface area contributed by atoms with Crippen molar-refractivity contribution in [3.8, 4) is 23.6 Å². The average Bonchev–Trinajstić information content (AvgIpc) is 3.02. The second-order valence-corrected chi connectivity index (χ2v) is 6.66. The van der Waals surface area contributed by atoms with Crippen LogP contribution >= 0.6 is 11.6 Å². The average molecular weight is 407 g/mol. The van der Waals surface area contributed by atoms with E-state index in [2.05, 4.69) is 4.98 Å². The Balaban J connectivity index is 1.81. The van der Waals surface area contributed by atoms with Crippen LogP contribution < -0.4 is 14.9 Å². The van der Waals surface area contributed by atoms with Crippen molar-refractivity contribution in [1.29, 1.82) is 5.26 Å². The van der Waals surface area contributed by atoms with E-state index in [0.29, 0.717) is 12.2 Å². The maximum absolute atomic E-state index is 14.2. The van der Waals surface area contributed by atoms with Crippen molar-refractivity contribution in [2.75, 3.05) is 13.2 Å². The number of ether oxygens (including phenoxy) is 3. The van der Waals surface area contributed by atoms with Crippen LogP contribution in [0.1, 0.15) is 25.0 Å². The van der Waals surface area contributed by atoms with Crippen molar-refractivity contribution in [3.05, 3.63) is 40.2 Å². The number of nitriles is 1. The van der Waals surface area contributed by atoms with Gasteiger partial charge in [0.15, 0.2) is 0 Å². The maximum atomic E-state index is 14.2. The van der Waals surface area contributed by atoms with E-state index in [4.69, 9.17) is 30.5 Å². The monoisotopic (exact) mass is 406 g/mol. The Kier molecular flexibility index (Phi) is 6.37. The highest BCUT2D eigenvalue weighted by Gasteiger charge is 2.31. The molecule has 0 saturated heterocycles. The Labute approximate surface area is 166 Å². The molecule has 7 nitrogen and oxygen atoms in total. The lowest BCUT2D eigenvalue weighted by molar-refractivity contribution is 0.0541. The van der Waals surface area contributed by atoms with E-state index in [9.17, 15) is 14.7 Å². The highest BCUT2D eigenvalue weighted by Crippen LogP contribution is 2.33. The Morgan fingerprint density at radius 1 is 1.36 bits per heavy atom. The second kappa shape index (κ2) is 8.75. The summed E-state index contributed by atoms with van der Waals surface area (Å²) in [5.74, 6) is -0.541. The number of aromatic nitrogens is 1. The molecule has 0 bridgehead atoms. The fourth-order valence-corrected chi connectivity index (χ4v) is 2.80. The van der Waals surface area contributed by atoms with Gasteiger partial charge in [-0.05, 0) is 31.5 Å². The van der Waals surface area contributed by atoms with E-state index in [1.807, 2.05) is 19.9 Å². The van der Waals surface area contributed by atoms with Gasteiger partial charge in [-0.15, -0.1) is 0 Å². The number of rotatable bonds is 7. The number of hydrogen-bond acceptors (Lipinski definition) is 7. The van der Waals surface area contributed by atoms with Crippen molar-refractivity contribution in [3.63, 3.8) is 0 Å². The third-order valence-electron chi connectivity index (χ3n) is 3.85. The zero-order valence-corrected chi connectivity index (χ0v) is 16.0. The van der Waals surface area contributed by atoms with Crippen LogP contribution in [0.3, 0.4) is 0 Å². The van der Waals surface area contributed by atoms with Crippen LogP contribution in [0, 0.1) is 17.1 Å². The highest BCUT2D eigenvalue weighted by atomic mass is 35.5. The predicted octanol–water partition coefficient (Wildman–Crippen LogP) is 2.56. The number of fused-ring (bicyclic) bond motifs is 1. The summed E-state index contributed by atoms with van der Waals surface area (Å²) in [4.78, 5) is 4.14. The number of halogens is 2. The summed E-state index contributed by atoms with van der Waals surface area (Å²) in [7, 11) is -1.30. The van der Waals surface area contributed by atoms with Gasteiger partial charge in [0.25, 0.3) is 0 Å². The summed E-state index contributed by atoms with van der Waals surface area (Å²) in [6.07, 6.45) is 0.0494. The molecule has 0 aliphatic carbocycles. The molecule has 28 heavy (non-hydrogen) atoms. The molecule has 146 valence electrons. The number of hydrogen-bond donors (Lipinski definition) is 1. The first-order chi connectivity index (χ1) is 13.4. The van der Waals surface area contributed by atoms with Crippen LogP contribution in [0.2, 0.25) is 5.02 Å². The summed E-state index contributed by atoms with van der Waals surface area (Å²) >= 11 is 6.14. The first kappa shape index (κ1) is 20.4. The molecule has 1 aliphatic heterocycles. The number of pyridine rings is 1. The largest absolute Gasteiger partial charge is 0.494 e. The van der Waals surface area contributed by atoms with E-state index in [1.165, 1.54) is 12.1 Å². The third kappa shape index (κ3) is 4.54. The van der Waals surface area contributed by atoms with Gasteiger partial charge in [-0.1, -0.05) is 11.6 Å². The van der Waals surface area contributed by atoms with Gasteiger partial charge in [-0.25, -0.2) is 4.39 Å². The fourth-order valence-electron chi connectivity index (χ4n) is 2.61. The van der Waals surface area contributed by atoms with E-state index in [-0.39, 0.29) is 52.9 Å². The molecule has 0 radical (unpaired) electrons. The van der Waals surface area contributed by atoms with Gasteiger partial charge in [-0.2, -0.15) is 10.2 Å². The third-order valence-corrected chi connectivity index (χ3v) is 4.12. The molecule has 0 spiro atoms. The lowest BCUT2D eigenvalue weighted by Gasteiger charge is -2.13. The van der Waals surface area contributed by atoms with Gasteiger partial charge in [0.2, 0.25) is 11.8 Å². The highest BCUT2D eigenvalue weighted by molar-refractivity contribution is 6.61. The quantitative estimate of drug-likeness (QED) is 0.558. The SMILES string of the molecule is CC(C)OCCOc1nc(Oc2cc(F)c3c(c2)COB3O)c(Cl)cc1C#N. The molecule has 0 saturated carbocycles. The molecule has 1 aliphatic rings. The van der Waals surface area contributed by atoms with E-state index in [1.54, 1.807) is 0 Å². The fraction of sp³-hybridized carbons (Fsp3) is 0.333. The van der Waals surface area contributed by atoms with Crippen molar-refractivity contribution in [1.82, 2.24) is 4.98 Å². The van der Waals surface area contributed by atoms with Gasteiger partial charge >= 0.3 is 7.12 Å². The Morgan fingerprint density at radius 2 is 2.14 bits per heavy atom. The minimum Gasteiger partial charge on any atom is -0.474 e. The minimum atomic E-state index is -1.30. The Hall–Kier alpha value is -2.38. The van der Waals surface area contributed by atoms with E-state index < -0.39 is 12.9 Å². The molecule has 2 aromatic rings. The molecular weight excluding hydrogens is 389 g/mol. The molecule has 0 atom stereocenters. The van der Waals surface area contributed by atoms with Crippen LogP contribution in [0.5, 0.6) is 17.5 Å². The summed E-state index contributed by atoms with van der Waals surface area (Å²) < 4.78 is 35.7. The first-order valence-corrected chi connectivity index (χ1v) is 8.91. The zero-order valence-electron chi connectivity index (χ0n) is 15.2. The lowest BCUT2D eigenvalue weighted by atomic mass is 9.79. The number of nitrogens with zero attached hydrogens (tertiary/aromatic N) is 2. The Bertz CT molecular complexity index is 922. The van der Waals surface area contributed by atoms with Crippen LogP contribution in [-0.4, -0.2) is 36.4 Å². The molecule has 1 aromatic heterocycles. The standard InChI is InChI=1S/C18H17BClFN2O5/c1-10(2)25-3-4-26-17-11(8-22)6-14(20)18(23-17)28-13-5-12-9-27-19(24)16(12)15(21)7-13/h5-7,10,24H,3-4,9H2,1-2H3. The summed E-state index contributed by atoms with van der Waals surface area (Å²) in [5.41, 5.74) is 0.688. The van der Waals surface area contributed by atoms with Crippen molar-refractivity contribution < 1.29 is 28.3 Å². The summed E-state index contributed by atoms with van der Waals surface area (Å²) in [6.45, 7) is 4.36. The normalized spacial score (nSPS) is 12.8. The molecule has 0 amide bonds. The van der Waals surface area contributed by atoms with Crippen LogP contribution in [0.15, 0.2) is 18.2 Å². The second-order valence-electron chi connectivity index (χ2n) is 6.25. The molecule has 0 unspecified atom stereocenters. The van der Waals surface area contributed by atoms with Crippen molar-refractivity contribution >= 4 is 24.2 Å². The Morgan fingerprint density at radius 3 is 2.86 bits per heavy atom. The molecule has 10 heteroatoms. The molecular formula is C18H17BClFN2O5. The molecule has 3 rings (SSSR count). The van der Waals surface area contributed by atoms with Gasteiger partial charge in [-0.3, -0.25) is 0 Å². The zero-order chi connectivity index (χ0) is 20.3. The summed E-state index contributed by atoms with van der Waals surface area (Å²) in [6, 6.07) is 5.94. The summed E-state index contributed by atoms with van der Waals surface area (Å²) in [5, 5.41) is 18.9. The van der Waals surface area contributed by atoms with Gasteiger partial charge in [0.05, 0.1) is 19.3 Å². The van der Waals surface area contributed by atoms with Crippen molar-refractivity contribution in [2.45, 2.75) is 26.6 Å². The van der Waals surface area contributed by atoms with Crippen LogP contribution in [0.4, 0.5) is 4.39 Å². The van der Waals surface area contributed by atoms with Crippen molar-refractivity contribution in [2.24, 2.45) is 0 Å². The predicted molar refractivity (Wildman–Crippen MR) is 99.4 cm³/mol. The minimum absolute atomic E-state index is 0.0367. The first-order valence-electron chi connectivity index (χ1n) is 8.54. The van der Waals surface area contributed by atoms with Crippen LogP contribution in [0.25, 0.3) is 0 Å². The topological polar surface area (TPSA) is 93.8 Å². The van der Waals surface area contributed by atoms with Crippen LogP contribution in [-0.2, 0) is 16.0 Å². The molecule has 1 N–H and O–H groups in total. The van der Waals surface area contributed by atoms with E-state index >= 15 is 0 Å². The molecule has 1 aromatic carbocycles. The van der Waals surface area contributed by atoms with Gasteiger partial charge in [0, 0.05) is 11.5 Å². The smallest absolute Gasteiger partial charge is 0.474 e. The van der Waals surface area contributed by atoms with Gasteiger partial charge in [0.1, 0.15) is 34.8 Å².